The Morgan fingerprint density at radius 1 is 1.00 bits per heavy atom. The molecule has 0 bridgehead atoms. The van der Waals surface area contributed by atoms with Crippen molar-refractivity contribution >= 4 is 19.2 Å². The first-order valence-corrected chi connectivity index (χ1v) is 5.34. The molecule has 0 unspecified atom stereocenters. The van der Waals surface area contributed by atoms with Crippen LogP contribution in [-0.2, 0) is 0 Å². The van der Waals surface area contributed by atoms with Gasteiger partial charge in [0.1, 0.15) is 13.6 Å². The SMILES string of the molecule is [B]c1ccc(OC(=N)c2ccc(C)cc2)cc1. The molecule has 17 heavy (non-hydrogen) atoms. The number of benzene rings is 2. The van der Waals surface area contributed by atoms with Crippen LogP contribution >= 0.6 is 0 Å². The van der Waals surface area contributed by atoms with E-state index in [-0.39, 0.29) is 5.90 Å². The monoisotopic (exact) mass is 221 g/mol. The molecule has 1 N–H and O–H groups in total. The zero-order chi connectivity index (χ0) is 12.3. The third-order valence-corrected chi connectivity index (χ3v) is 2.41. The molecule has 0 spiro atoms. The van der Waals surface area contributed by atoms with Crippen molar-refractivity contribution in [1.82, 2.24) is 0 Å². The van der Waals surface area contributed by atoms with Crippen LogP contribution in [0.2, 0.25) is 0 Å². The summed E-state index contributed by atoms with van der Waals surface area (Å²) in [5.74, 6) is 0.750. The average molecular weight is 221 g/mol. The quantitative estimate of drug-likeness (QED) is 0.470. The molecule has 0 fully saturated rings. The Kier molecular flexibility index (Phi) is 3.28. The standard InChI is InChI=1S/C14H12BNO/c1-10-2-4-11(5-3-10)14(16)17-13-8-6-12(15)7-9-13/h2-9,16H,1H3. The van der Waals surface area contributed by atoms with E-state index in [0.717, 1.165) is 11.1 Å². The third-order valence-electron chi connectivity index (χ3n) is 2.41. The van der Waals surface area contributed by atoms with E-state index in [4.69, 9.17) is 18.0 Å². The maximum Gasteiger partial charge on any atom is 0.219 e. The van der Waals surface area contributed by atoms with E-state index in [9.17, 15) is 0 Å². The Bertz CT molecular complexity index is 517. The molecule has 2 aromatic carbocycles. The van der Waals surface area contributed by atoms with Gasteiger partial charge in [0, 0.05) is 5.56 Å². The van der Waals surface area contributed by atoms with Crippen molar-refractivity contribution in [2.75, 3.05) is 0 Å². The van der Waals surface area contributed by atoms with Crippen LogP contribution in [0.4, 0.5) is 0 Å². The normalized spacial score (nSPS) is 9.94. The van der Waals surface area contributed by atoms with E-state index >= 15 is 0 Å². The molecule has 0 amide bonds. The first-order chi connectivity index (χ1) is 8.15. The van der Waals surface area contributed by atoms with Crippen molar-refractivity contribution in [3.63, 3.8) is 0 Å². The zero-order valence-corrected chi connectivity index (χ0v) is 9.60. The fourth-order valence-electron chi connectivity index (χ4n) is 1.42. The molecule has 0 aromatic heterocycles. The zero-order valence-electron chi connectivity index (χ0n) is 9.60. The fraction of sp³-hybridized carbons (Fsp3) is 0.0714. The molecule has 0 saturated carbocycles. The lowest BCUT2D eigenvalue weighted by atomic mass is 9.97. The summed E-state index contributed by atoms with van der Waals surface area (Å²) in [6.45, 7) is 2.01. The van der Waals surface area contributed by atoms with Crippen LogP contribution in [0.5, 0.6) is 5.75 Å². The fourth-order valence-corrected chi connectivity index (χ4v) is 1.42. The van der Waals surface area contributed by atoms with E-state index in [1.54, 1.807) is 24.3 Å². The molecule has 0 saturated heterocycles. The highest BCUT2D eigenvalue weighted by Gasteiger charge is 2.03. The molecule has 0 aliphatic carbocycles. The van der Waals surface area contributed by atoms with Gasteiger partial charge in [-0.1, -0.05) is 35.3 Å². The van der Waals surface area contributed by atoms with E-state index < -0.39 is 0 Å². The minimum atomic E-state index is 0.134. The van der Waals surface area contributed by atoms with E-state index in [1.165, 1.54) is 0 Å². The Morgan fingerprint density at radius 3 is 2.18 bits per heavy atom. The number of hydrogen-bond donors (Lipinski definition) is 1. The molecule has 0 atom stereocenters. The average Bonchev–Trinajstić information content (AvgIpc) is 2.33. The number of ether oxygens (including phenoxy) is 1. The van der Waals surface area contributed by atoms with Crippen LogP contribution in [0.1, 0.15) is 11.1 Å². The molecule has 2 rings (SSSR count). The van der Waals surface area contributed by atoms with Crippen molar-refractivity contribution in [2.45, 2.75) is 6.92 Å². The smallest absolute Gasteiger partial charge is 0.219 e. The summed E-state index contributed by atoms with van der Waals surface area (Å²) in [5.41, 5.74) is 2.60. The second-order valence-electron chi connectivity index (χ2n) is 3.87. The van der Waals surface area contributed by atoms with Crippen LogP contribution in [0.25, 0.3) is 0 Å². The van der Waals surface area contributed by atoms with Gasteiger partial charge in [0.05, 0.1) is 0 Å². The summed E-state index contributed by atoms with van der Waals surface area (Å²) in [6.07, 6.45) is 0. The largest absolute Gasteiger partial charge is 0.439 e. The minimum absolute atomic E-state index is 0.134. The highest BCUT2D eigenvalue weighted by molar-refractivity contribution is 6.32. The maximum absolute atomic E-state index is 7.84. The van der Waals surface area contributed by atoms with Crippen molar-refractivity contribution < 1.29 is 4.74 Å². The van der Waals surface area contributed by atoms with E-state index in [1.807, 2.05) is 31.2 Å². The highest BCUT2D eigenvalue weighted by atomic mass is 16.5. The lowest BCUT2D eigenvalue weighted by molar-refractivity contribution is 0.548. The van der Waals surface area contributed by atoms with E-state index in [2.05, 4.69) is 0 Å². The number of nitrogens with one attached hydrogen (secondary N) is 1. The van der Waals surface area contributed by atoms with Crippen LogP contribution in [0.15, 0.2) is 48.5 Å². The van der Waals surface area contributed by atoms with Crippen molar-refractivity contribution in [3.8, 4) is 5.75 Å². The van der Waals surface area contributed by atoms with Gasteiger partial charge in [0.2, 0.25) is 5.90 Å². The molecule has 0 heterocycles. The predicted molar refractivity (Wildman–Crippen MR) is 70.5 cm³/mol. The summed E-state index contributed by atoms with van der Waals surface area (Å²) in [6, 6.07) is 14.6. The molecule has 3 heteroatoms. The third kappa shape index (κ3) is 2.97. The molecule has 0 aliphatic heterocycles. The Hall–Kier alpha value is -2.03. The lowest BCUT2D eigenvalue weighted by Crippen LogP contribution is -2.09. The van der Waals surface area contributed by atoms with Gasteiger partial charge in [-0.05, 0) is 31.2 Å². The molecule has 2 radical (unpaired) electrons. The minimum Gasteiger partial charge on any atom is -0.439 e. The summed E-state index contributed by atoms with van der Waals surface area (Å²) < 4.78 is 5.42. The molecule has 82 valence electrons. The number of aryl methyl sites for hydroxylation is 1. The Morgan fingerprint density at radius 2 is 1.59 bits per heavy atom. The number of hydrogen-bond acceptors (Lipinski definition) is 2. The highest BCUT2D eigenvalue weighted by Crippen LogP contribution is 2.11. The van der Waals surface area contributed by atoms with Crippen LogP contribution in [0.3, 0.4) is 0 Å². The lowest BCUT2D eigenvalue weighted by Gasteiger charge is -2.07. The van der Waals surface area contributed by atoms with Gasteiger partial charge in [-0.3, -0.25) is 5.41 Å². The maximum atomic E-state index is 7.84. The van der Waals surface area contributed by atoms with Crippen LogP contribution in [0, 0.1) is 12.3 Å². The van der Waals surface area contributed by atoms with Crippen molar-refractivity contribution in [2.24, 2.45) is 0 Å². The van der Waals surface area contributed by atoms with Crippen LogP contribution < -0.4 is 10.2 Å². The molecular weight excluding hydrogens is 209 g/mol. The van der Waals surface area contributed by atoms with Gasteiger partial charge >= 0.3 is 0 Å². The van der Waals surface area contributed by atoms with Crippen molar-refractivity contribution in [3.05, 3.63) is 59.7 Å². The molecule has 0 aliphatic rings. The Balaban J connectivity index is 2.11. The number of rotatable bonds is 2. The topological polar surface area (TPSA) is 33.1 Å². The second kappa shape index (κ2) is 4.87. The molecular formula is C14H12BNO. The van der Waals surface area contributed by atoms with Gasteiger partial charge in [0.15, 0.2) is 0 Å². The summed E-state index contributed by atoms with van der Waals surface area (Å²) in [7, 11) is 5.58. The van der Waals surface area contributed by atoms with Gasteiger partial charge in [-0.2, -0.15) is 0 Å². The first kappa shape index (κ1) is 11.5. The molecule has 2 aromatic rings. The van der Waals surface area contributed by atoms with Gasteiger partial charge in [-0.15, -0.1) is 0 Å². The summed E-state index contributed by atoms with van der Waals surface area (Å²) in [4.78, 5) is 0. The van der Waals surface area contributed by atoms with Gasteiger partial charge in [-0.25, -0.2) is 0 Å². The van der Waals surface area contributed by atoms with E-state index in [0.29, 0.717) is 11.2 Å². The first-order valence-electron chi connectivity index (χ1n) is 5.34. The van der Waals surface area contributed by atoms with Gasteiger partial charge in [0.25, 0.3) is 0 Å². The summed E-state index contributed by atoms with van der Waals surface area (Å²) in [5, 5.41) is 7.84. The molecule has 2 nitrogen and oxygen atoms in total. The van der Waals surface area contributed by atoms with Crippen LogP contribution in [-0.4, -0.2) is 13.7 Å². The van der Waals surface area contributed by atoms with Crippen molar-refractivity contribution in [1.29, 1.82) is 5.41 Å². The predicted octanol–water partition coefficient (Wildman–Crippen LogP) is 2.19. The second-order valence-corrected chi connectivity index (χ2v) is 3.87. The summed E-state index contributed by atoms with van der Waals surface area (Å²) >= 11 is 0. The Labute approximate surface area is 102 Å². The van der Waals surface area contributed by atoms with Gasteiger partial charge < -0.3 is 4.74 Å².